The van der Waals surface area contributed by atoms with Crippen molar-refractivity contribution < 1.29 is 0 Å². The molecule has 0 aromatic carbocycles. The minimum Gasteiger partial charge on any atom is -0.361 e. The first-order chi connectivity index (χ1) is 9.15. The quantitative estimate of drug-likeness (QED) is 0.767. The first-order valence-corrected chi connectivity index (χ1v) is 6.81. The summed E-state index contributed by atoms with van der Waals surface area (Å²) in [5, 5.41) is 4.47. The maximum atomic E-state index is 4.45. The van der Waals surface area contributed by atoms with Crippen molar-refractivity contribution in [2.75, 3.05) is 5.32 Å². The molecular weight excluding hydrogens is 260 g/mol. The summed E-state index contributed by atoms with van der Waals surface area (Å²) in [6.07, 6.45) is 3.14. The van der Waals surface area contributed by atoms with Crippen LogP contribution in [0.4, 0.5) is 5.82 Å². The number of nitrogens with one attached hydrogen (secondary N) is 2. The molecule has 0 saturated heterocycles. The number of rotatable bonds is 3. The van der Waals surface area contributed by atoms with Crippen LogP contribution in [-0.2, 0) is 0 Å². The molecule has 1 unspecified atom stereocenters. The lowest BCUT2D eigenvalue weighted by molar-refractivity contribution is 0.880. The molecule has 7 heteroatoms. The zero-order valence-corrected chi connectivity index (χ0v) is 11.7. The number of anilines is 1. The first-order valence-electron chi connectivity index (χ1n) is 5.99. The van der Waals surface area contributed by atoms with Crippen LogP contribution in [0.2, 0.25) is 0 Å². The van der Waals surface area contributed by atoms with E-state index in [1.54, 1.807) is 17.7 Å². The van der Waals surface area contributed by atoms with Gasteiger partial charge < -0.3 is 10.3 Å². The standard InChI is InChI=1S/C12H14N6S/c1-6-10(19-8(3)17-6)7(2)18-12-9-11(14-4-13-9)15-5-16-12/h4-5,7H,1-3H3,(H2,13,14,15,16,18). The number of imidazole rings is 1. The van der Waals surface area contributed by atoms with Gasteiger partial charge in [0, 0.05) is 4.88 Å². The number of aromatic amines is 1. The van der Waals surface area contributed by atoms with Crippen molar-refractivity contribution in [2.45, 2.75) is 26.8 Å². The normalized spacial score (nSPS) is 12.8. The molecule has 0 fully saturated rings. The van der Waals surface area contributed by atoms with E-state index in [-0.39, 0.29) is 6.04 Å². The van der Waals surface area contributed by atoms with Crippen molar-refractivity contribution in [3.63, 3.8) is 0 Å². The third kappa shape index (κ3) is 2.17. The Morgan fingerprint density at radius 2 is 2.11 bits per heavy atom. The Morgan fingerprint density at radius 3 is 2.84 bits per heavy atom. The zero-order valence-electron chi connectivity index (χ0n) is 10.9. The third-order valence-electron chi connectivity index (χ3n) is 2.91. The van der Waals surface area contributed by atoms with E-state index in [1.165, 1.54) is 11.2 Å². The van der Waals surface area contributed by atoms with Gasteiger partial charge in [0.15, 0.2) is 11.5 Å². The molecule has 98 valence electrons. The smallest absolute Gasteiger partial charge is 0.182 e. The molecule has 0 aliphatic heterocycles. The molecule has 1 atom stereocenters. The van der Waals surface area contributed by atoms with Gasteiger partial charge >= 0.3 is 0 Å². The number of fused-ring (bicyclic) bond motifs is 1. The van der Waals surface area contributed by atoms with Gasteiger partial charge in [-0.05, 0) is 20.8 Å². The van der Waals surface area contributed by atoms with Crippen LogP contribution in [0.5, 0.6) is 0 Å². The molecular formula is C12H14N6S. The Bertz CT molecular complexity index is 716. The maximum absolute atomic E-state index is 4.45. The Morgan fingerprint density at radius 1 is 1.26 bits per heavy atom. The minimum absolute atomic E-state index is 0.146. The Hall–Kier alpha value is -2.02. The second-order valence-electron chi connectivity index (χ2n) is 4.37. The lowest BCUT2D eigenvalue weighted by atomic mass is 10.2. The molecule has 0 aliphatic rings. The van der Waals surface area contributed by atoms with Gasteiger partial charge in [-0.2, -0.15) is 0 Å². The molecule has 3 heterocycles. The van der Waals surface area contributed by atoms with Crippen molar-refractivity contribution in [3.8, 4) is 0 Å². The molecule has 2 N–H and O–H groups in total. The van der Waals surface area contributed by atoms with Gasteiger partial charge in [0.2, 0.25) is 0 Å². The average molecular weight is 274 g/mol. The Balaban J connectivity index is 1.92. The predicted molar refractivity (Wildman–Crippen MR) is 75.3 cm³/mol. The van der Waals surface area contributed by atoms with Crippen molar-refractivity contribution in [3.05, 3.63) is 28.2 Å². The highest BCUT2D eigenvalue weighted by atomic mass is 32.1. The molecule has 0 aliphatic carbocycles. The number of hydrogen-bond donors (Lipinski definition) is 2. The van der Waals surface area contributed by atoms with Crippen molar-refractivity contribution in [1.82, 2.24) is 24.9 Å². The molecule has 19 heavy (non-hydrogen) atoms. The van der Waals surface area contributed by atoms with Gasteiger partial charge in [-0.15, -0.1) is 11.3 Å². The van der Waals surface area contributed by atoms with E-state index in [0.29, 0.717) is 5.65 Å². The van der Waals surface area contributed by atoms with Crippen LogP contribution in [0.25, 0.3) is 11.2 Å². The SMILES string of the molecule is Cc1nc(C)c(C(C)Nc2ncnc3nc[nH]c23)s1. The monoisotopic (exact) mass is 274 g/mol. The Kier molecular flexibility index (Phi) is 2.90. The minimum atomic E-state index is 0.146. The third-order valence-corrected chi connectivity index (χ3v) is 4.16. The second kappa shape index (κ2) is 4.58. The van der Waals surface area contributed by atoms with Gasteiger partial charge in [0.25, 0.3) is 0 Å². The number of aryl methyl sites for hydroxylation is 2. The average Bonchev–Trinajstić information content (AvgIpc) is 2.96. The van der Waals surface area contributed by atoms with Gasteiger partial charge in [0.1, 0.15) is 11.8 Å². The number of aromatic nitrogens is 5. The largest absolute Gasteiger partial charge is 0.361 e. The van der Waals surface area contributed by atoms with Gasteiger partial charge in [0.05, 0.1) is 23.1 Å². The van der Waals surface area contributed by atoms with Gasteiger partial charge in [-0.3, -0.25) is 0 Å². The van der Waals surface area contributed by atoms with Crippen LogP contribution < -0.4 is 5.32 Å². The molecule has 0 bridgehead atoms. The molecule has 0 spiro atoms. The fourth-order valence-corrected chi connectivity index (χ4v) is 3.02. The summed E-state index contributed by atoms with van der Waals surface area (Å²) in [5.74, 6) is 0.764. The fraction of sp³-hybridized carbons (Fsp3) is 0.333. The molecule has 0 radical (unpaired) electrons. The lowest BCUT2D eigenvalue weighted by Crippen LogP contribution is -2.08. The van der Waals surface area contributed by atoms with Crippen LogP contribution in [-0.4, -0.2) is 24.9 Å². The van der Waals surface area contributed by atoms with Crippen molar-refractivity contribution in [2.24, 2.45) is 0 Å². The first kappa shape index (κ1) is 12.0. The highest BCUT2D eigenvalue weighted by Gasteiger charge is 2.15. The molecule has 6 nitrogen and oxygen atoms in total. The van der Waals surface area contributed by atoms with E-state index >= 15 is 0 Å². The van der Waals surface area contributed by atoms with Crippen molar-refractivity contribution in [1.29, 1.82) is 0 Å². The summed E-state index contributed by atoms with van der Waals surface area (Å²) < 4.78 is 0. The summed E-state index contributed by atoms with van der Waals surface area (Å²) in [6.45, 7) is 6.15. The van der Waals surface area contributed by atoms with E-state index < -0.39 is 0 Å². The van der Waals surface area contributed by atoms with Crippen LogP contribution >= 0.6 is 11.3 Å². The predicted octanol–water partition coefficient (Wildman–Crippen LogP) is 2.60. The van der Waals surface area contributed by atoms with E-state index in [2.05, 4.69) is 37.2 Å². The summed E-state index contributed by atoms with van der Waals surface area (Å²) >= 11 is 1.71. The Labute approximate surface area is 114 Å². The van der Waals surface area contributed by atoms with Crippen LogP contribution in [0.15, 0.2) is 12.7 Å². The van der Waals surface area contributed by atoms with E-state index in [1.807, 2.05) is 13.8 Å². The van der Waals surface area contributed by atoms with Crippen LogP contribution in [0.3, 0.4) is 0 Å². The van der Waals surface area contributed by atoms with E-state index in [0.717, 1.165) is 22.0 Å². The maximum Gasteiger partial charge on any atom is 0.182 e. The molecule has 3 aromatic rings. The van der Waals surface area contributed by atoms with Gasteiger partial charge in [-0.1, -0.05) is 0 Å². The summed E-state index contributed by atoms with van der Waals surface area (Å²) in [6, 6.07) is 0.146. The summed E-state index contributed by atoms with van der Waals surface area (Å²) in [5.41, 5.74) is 2.56. The molecule has 3 aromatic heterocycles. The number of hydrogen-bond acceptors (Lipinski definition) is 6. The number of H-pyrrole nitrogens is 1. The van der Waals surface area contributed by atoms with Crippen LogP contribution in [0, 0.1) is 13.8 Å². The number of nitrogens with zero attached hydrogens (tertiary/aromatic N) is 4. The summed E-state index contributed by atoms with van der Waals surface area (Å²) in [4.78, 5) is 21.2. The van der Waals surface area contributed by atoms with Crippen LogP contribution in [0.1, 0.15) is 28.5 Å². The topological polar surface area (TPSA) is 79.4 Å². The fourth-order valence-electron chi connectivity index (χ4n) is 2.09. The highest BCUT2D eigenvalue weighted by molar-refractivity contribution is 7.11. The molecule has 0 amide bonds. The van der Waals surface area contributed by atoms with E-state index in [9.17, 15) is 0 Å². The molecule has 0 saturated carbocycles. The summed E-state index contributed by atoms with van der Waals surface area (Å²) in [7, 11) is 0. The second-order valence-corrected chi connectivity index (χ2v) is 5.61. The zero-order chi connectivity index (χ0) is 13.4. The lowest BCUT2D eigenvalue weighted by Gasteiger charge is -2.13. The van der Waals surface area contributed by atoms with Gasteiger partial charge in [-0.25, -0.2) is 19.9 Å². The van der Waals surface area contributed by atoms with Crippen molar-refractivity contribution >= 4 is 28.3 Å². The molecule has 3 rings (SSSR count). The highest BCUT2D eigenvalue weighted by Crippen LogP contribution is 2.28. The number of thiazole rings is 1. The van der Waals surface area contributed by atoms with E-state index in [4.69, 9.17) is 0 Å².